The fraction of sp³-hybridized carbons (Fsp3) is 0.381. The Morgan fingerprint density at radius 3 is 2.50 bits per heavy atom. The van der Waals surface area contributed by atoms with Crippen molar-refractivity contribution in [2.75, 3.05) is 26.2 Å². The van der Waals surface area contributed by atoms with E-state index in [-0.39, 0.29) is 12.6 Å². The molecule has 1 aliphatic rings. The fourth-order valence-corrected chi connectivity index (χ4v) is 2.78. The van der Waals surface area contributed by atoms with Gasteiger partial charge in [-0.15, -0.1) is 0 Å². The first-order valence-corrected chi connectivity index (χ1v) is 9.13. The second-order valence-electron chi connectivity index (χ2n) is 6.54. The van der Waals surface area contributed by atoms with Gasteiger partial charge in [-0.05, 0) is 49.7 Å². The summed E-state index contributed by atoms with van der Waals surface area (Å²) in [5.41, 5.74) is 1.98. The fourth-order valence-electron chi connectivity index (χ4n) is 2.78. The summed E-state index contributed by atoms with van der Waals surface area (Å²) in [6.07, 6.45) is 0.879. The predicted molar refractivity (Wildman–Crippen MR) is 101 cm³/mol. The molecule has 138 valence electrons. The monoisotopic (exact) mass is 354 g/mol. The first kappa shape index (κ1) is 18.3. The van der Waals surface area contributed by atoms with Gasteiger partial charge in [0.1, 0.15) is 19.0 Å². The van der Waals surface area contributed by atoms with Crippen LogP contribution in [0.25, 0.3) is 0 Å². The Labute approximate surface area is 154 Å². The molecule has 1 atom stereocenters. The lowest BCUT2D eigenvalue weighted by Gasteiger charge is -2.30. The minimum Gasteiger partial charge on any atom is -0.492 e. The standard InChI is InChI=1S/C21H26N2O3/c1-17(22-21(24)26-16-18-6-3-2-4-7-18)19-8-10-20(11-9-19)25-15-14-23-12-5-13-23/h2-4,6-11,17H,5,12-16H2,1H3,(H,22,24). The highest BCUT2D eigenvalue weighted by atomic mass is 16.5. The molecule has 0 bridgehead atoms. The van der Waals surface area contributed by atoms with Gasteiger partial charge in [0, 0.05) is 6.54 Å². The molecule has 0 aromatic heterocycles. The Kier molecular flexibility index (Phi) is 6.50. The van der Waals surface area contributed by atoms with Crippen molar-refractivity contribution in [2.24, 2.45) is 0 Å². The van der Waals surface area contributed by atoms with E-state index in [4.69, 9.17) is 9.47 Å². The Morgan fingerprint density at radius 2 is 1.85 bits per heavy atom. The van der Waals surface area contributed by atoms with Gasteiger partial charge >= 0.3 is 6.09 Å². The SMILES string of the molecule is CC(NC(=O)OCc1ccccc1)c1ccc(OCCN2CCC2)cc1. The molecule has 5 nitrogen and oxygen atoms in total. The number of carbonyl (C=O) groups is 1. The Morgan fingerprint density at radius 1 is 1.12 bits per heavy atom. The normalized spacial score (nSPS) is 15.0. The van der Waals surface area contributed by atoms with Crippen LogP contribution in [-0.4, -0.2) is 37.2 Å². The molecule has 1 aliphatic heterocycles. The number of hydrogen-bond acceptors (Lipinski definition) is 4. The zero-order chi connectivity index (χ0) is 18.2. The van der Waals surface area contributed by atoms with E-state index in [1.54, 1.807) is 0 Å². The maximum absolute atomic E-state index is 11.9. The van der Waals surface area contributed by atoms with Crippen LogP contribution < -0.4 is 10.1 Å². The van der Waals surface area contributed by atoms with Crippen LogP contribution in [0.3, 0.4) is 0 Å². The van der Waals surface area contributed by atoms with Crippen molar-refractivity contribution in [1.29, 1.82) is 0 Å². The van der Waals surface area contributed by atoms with Gasteiger partial charge in [0.2, 0.25) is 0 Å². The first-order chi connectivity index (χ1) is 12.7. The van der Waals surface area contributed by atoms with Crippen molar-refractivity contribution < 1.29 is 14.3 Å². The lowest BCUT2D eigenvalue weighted by atomic mass is 10.1. The zero-order valence-corrected chi connectivity index (χ0v) is 15.2. The number of nitrogens with one attached hydrogen (secondary N) is 1. The molecule has 0 saturated carbocycles. The number of likely N-dealkylation sites (tertiary alicyclic amines) is 1. The maximum Gasteiger partial charge on any atom is 0.407 e. The third-order valence-corrected chi connectivity index (χ3v) is 4.55. The maximum atomic E-state index is 11.9. The number of ether oxygens (including phenoxy) is 2. The summed E-state index contributed by atoms with van der Waals surface area (Å²) in [6.45, 7) is 6.26. The van der Waals surface area contributed by atoms with E-state index in [2.05, 4.69) is 10.2 Å². The van der Waals surface area contributed by atoms with Crippen molar-refractivity contribution >= 4 is 6.09 Å². The van der Waals surface area contributed by atoms with Gasteiger partial charge in [0.15, 0.2) is 0 Å². The van der Waals surface area contributed by atoms with Crippen LogP contribution in [0.2, 0.25) is 0 Å². The average molecular weight is 354 g/mol. The number of nitrogens with zero attached hydrogens (tertiary/aromatic N) is 1. The second-order valence-corrected chi connectivity index (χ2v) is 6.54. The van der Waals surface area contributed by atoms with Gasteiger partial charge in [-0.3, -0.25) is 4.90 Å². The van der Waals surface area contributed by atoms with Crippen LogP contribution in [0.4, 0.5) is 4.79 Å². The number of rotatable bonds is 8. The van der Waals surface area contributed by atoms with Gasteiger partial charge in [0.25, 0.3) is 0 Å². The molecule has 5 heteroatoms. The average Bonchev–Trinajstić information content (AvgIpc) is 2.63. The van der Waals surface area contributed by atoms with Crippen molar-refractivity contribution in [3.63, 3.8) is 0 Å². The third-order valence-electron chi connectivity index (χ3n) is 4.55. The number of amides is 1. The quantitative estimate of drug-likeness (QED) is 0.784. The molecule has 0 spiro atoms. The van der Waals surface area contributed by atoms with E-state index in [0.29, 0.717) is 6.61 Å². The van der Waals surface area contributed by atoms with Gasteiger partial charge < -0.3 is 14.8 Å². The topological polar surface area (TPSA) is 50.8 Å². The molecular formula is C21H26N2O3. The molecular weight excluding hydrogens is 328 g/mol. The van der Waals surface area contributed by atoms with Crippen LogP contribution in [0, 0.1) is 0 Å². The van der Waals surface area contributed by atoms with Crippen molar-refractivity contribution in [2.45, 2.75) is 26.0 Å². The highest BCUT2D eigenvalue weighted by Gasteiger charge is 2.13. The number of carbonyl (C=O) groups excluding carboxylic acids is 1. The number of hydrogen-bond donors (Lipinski definition) is 1. The minimum absolute atomic E-state index is 0.131. The largest absolute Gasteiger partial charge is 0.492 e. The molecule has 0 aliphatic carbocycles. The van der Waals surface area contributed by atoms with Crippen molar-refractivity contribution in [3.05, 3.63) is 65.7 Å². The van der Waals surface area contributed by atoms with Crippen LogP contribution in [0.5, 0.6) is 5.75 Å². The van der Waals surface area contributed by atoms with E-state index in [1.165, 1.54) is 19.5 Å². The lowest BCUT2D eigenvalue weighted by Crippen LogP contribution is -2.39. The summed E-state index contributed by atoms with van der Waals surface area (Å²) < 4.78 is 11.0. The third kappa shape index (κ3) is 5.49. The Hall–Kier alpha value is -2.53. The highest BCUT2D eigenvalue weighted by molar-refractivity contribution is 5.67. The molecule has 1 saturated heterocycles. The molecule has 2 aromatic carbocycles. The van der Waals surface area contributed by atoms with E-state index in [1.807, 2.05) is 61.5 Å². The number of alkyl carbamates (subject to hydrolysis) is 1. The zero-order valence-electron chi connectivity index (χ0n) is 15.2. The van der Waals surface area contributed by atoms with E-state index in [0.717, 1.165) is 23.4 Å². The smallest absolute Gasteiger partial charge is 0.407 e. The minimum atomic E-state index is -0.420. The van der Waals surface area contributed by atoms with Gasteiger partial charge in [0.05, 0.1) is 6.04 Å². The van der Waals surface area contributed by atoms with E-state index in [9.17, 15) is 4.79 Å². The number of benzene rings is 2. The summed E-state index contributed by atoms with van der Waals surface area (Å²) in [4.78, 5) is 14.3. The van der Waals surface area contributed by atoms with Crippen LogP contribution in [0.1, 0.15) is 30.5 Å². The van der Waals surface area contributed by atoms with Gasteiger partial charge in [-0.25, -0.2) is 4.79 Å². The second kappa shape index (κ2) is 9.25. The van der Waals surface area contributed by atoms with E-state index >= 15 is 0 Å². The molecule has 1 N–H and O–H groups in total. The van der Waals surface area contributed by atoms with Crippen LogP contribution in [0.15, 0.2) is 54.6 Å². The highest BCUT2D eigenvalue weighted by Crippen LogP contribution is 2.18. The molecule has 1 heterocycles. The Balaban J connectivity index is 1.40. The van der Waals surface area contributed by atoms with Crippen molar-refractivity contribution in [1.82, 2.24) is 10.2 Å². The molecule has 26 heavy (non-hydrogen) atoms. The predicted octanol–water partition coefficient (Wildman–Crippen LogP) is 3.76. The molecule has 1 unspecified atom stereocenters. The first-order valence-electron chi connectivity index (χ1n) is 9.13. The molecule has 1 amide bonds. The molecule has 2 aromatic rings. The Bertz CT molecular complexity index is 684. The molecule has 1 fully saturated rings. The van der Waals surface area contributed by atoms with Crippen molar-refractivity contribution in [3.8, 4) is 5.75 Å². The van der Waals surface area contributed by atoms with Crippen LogP contribution in [-0.2, 0) is 11.3 Å². The lowest BCUT2D eigenvalue weighted by molar-refractivity contribution is 0.136. The van der Waals surface area contributed by atoms with Gasteiger partial charge in [-0.2, -0.15) is 0 Å². The van der Waals surface area contributed by atoms with Crippen LogP contribution >= 0.6 is 0 Å². The molecule has 0 radical (unpaired) electrons. The summed E-state index contributed by atoms with van der Waals surface area (Å²) in [5.74, 6) is 0.855. The van der Waals surface area contributed by atoms with E-state index < -0.39 is 6.09 Å². The summed E-state index contributed by atoms with van der Waals surface area (Å²) >= 11 is 0. The van der Waals surface area contributed by atoms with Gasteiger partial charge in [-0.1, -0.05) is 42.5 Å². The summed E-state index contributed by atoms with van der Waals surface area (Å²) in [6, 6.07) is 17.3. The molecule has 3 rings (SSSR count). The summed E-state index contributed by atoms with van der Waals surface area (Å²) in [7, 11) is 0. The summed E-state index contributed by atoms with van der Waals surface area (Å²) in [5, 5.41) is 2.85.